The van der Waals surface area contributed by atoms with Gasteiger partial charge >= 0.3 is 18.0 Å². The van der Waals surface area contributed by atoms with Crippen molar-refractivity contribution in [2.75, 3.05) is 30.9 Å². The summed E-state index contributed by atoms with van der Waals surface area (Å²) in [5.41, 5.74) is 0.682. The van der Waals surface area contributed by atoms with Gasteiger partial charge in [0, 0.05) is 32.0 Å². The highest BCUT2D eigenvalue weighted by atomic mass is 19.1. The lowest BCUT2D eigenvalue weighted by Gasteiger charge is -2.32. The first-order valence-corrected chi connectivity index (χ1v) is 12.4. The fourth-order valence-electron chi connectivity index (χ4n) is 5.24. The third kappa shape index (κ3) is 4.60. The van der Waals surface area contributed by atoms with Crippen LogP contribution in [-0.4, -0.2) is 66.3 Å². The van der Waals surface area contributed by atoms with Gasteiger partial charge in [-0.3, -0.25) is 28.9 Å². The van der Waals surface area contributed by atoms with Crippen LogP contribution in [0.2, 0.25) is 0 Å². The summed E-state index contributed by atoms with van der Waals surface area (Å²) in [6.45, 7) is 11.5. The lowest BCUT2D eigenvalue weighted by molar-refractivity contribution is -0.150. The molecule has 0 aromatic heterocycles. The van der Waals surface area contributed by atoms with Gasteiger partial charge < -0.3 is 15.1 Å². The number of nitrogens with zero attached hydrogens (tertiary/aromatic N) is 4. The summed E-state index contributed by atoms with van der Waals surface area (Å²) in [6.07, 6.45) is -0.496. The number of amides is 4. The Hall–Kier alpha value is -4.26. The van der Waals surface area contributed by atoms with Crippen molar-refractivity contribution in [3.05, 3.63) is 71.3 Å². The van der Waals surface area contributed by atoms with Crippen LogP contribution < -0.4 is 10.2 Å². The van der Waals surface area contributed by atoms with E-state index in [0.717, 1.165) is 15.4 Å². The van der Waals surface area contributed by atoms with Crippen molar-refractivity contribution in [1.82, 2.24) is 9.80 Å². The zero-order valence-electron chi connectivity index (χ0n) is 21.8. The maximum absolute atomic E-state index is 13.9. The van der Waals surface area contributed by atoms with Crippen molar-refractivity contribution in [3.8, 4) is 0 Å². The van der Waals surface area contributed by atoms with Gasteiger partial charge in [0.15, 0.2) is 0 Å². The largest absolute Gasteiger partial charge is 0.325 e. The highest BCUT2D eigenvalue weighted by Gasteiger charge is 2.59. The Balaban J connectivity index is 1.60. The second-order valence-electron chi connectivity index (χ2n) is 10.3. The second kappa shape index (κ2) is 10.2. The lowest BCUT2D eigenvalue weighted by atomic mass is 9.80. The van der Waals surface area contributed by atoms with Crippen molar-refractivity contribution in [1.29, 1.82) is 0 Å². The molecule has 0 saturated carbocycles. The monoisotopic (exact) mass is 519 g/mol. The average Bonchev–Trinajstić information content (AvgIpc) is 3.43. The van der Waals surface area contributed by atoms with Gasteiger partial charge in [0.25, 0.3) is 5.91 Å². The van der Waals surface area contributed by atoms with E-state index in [-0.39, 0.29) is 31.2 Å². The second-order valence-corrected chi connectivity index (χ2v) is 10.3. The maximum atomic E-state index is 13.9. The standard InChI is InChI=1S/C28H30FN5O4/c1-17(2)14-22(33(5)26(37)25(36)32(4)19-12-10-18(29)11-13-19)24(35)34-16-28(15-23(34)30-3)20-8-6-7-9-21(20)31-27(28)38/h6-13,17,22-23H,14-16H2,1-2,4-5H3,(H,31,38)/t22-,23-,28-/m0/s1. The number of hydrogen-bond acceptors (Lipinski definition) is 4. The molecule has 9 nitrogen and oxygen atoms in total. The van der Waals surface area contributed by atoms with Crippen LogP contribution in [0.15, 0.2) is 48.5 Å². The Morgan fingerprint density at radius 3 is 2.42 bits per heavy atom. The van der Waals surface area contributed by atoms with Crippen LogP contribution in [0.3, 0.4) is 0 Å². The van der Waals surface area contributed by atoms with Gasteiger partial charge in [-0.1, -0.05) is 32.0 Å². The van der Waals surface area contributed by atoms with Crippen LogP contribution in [0.4, 0.5) is 15.8 Å². The van der Waals surface area contributed by atoms with Gasteiger partial charge in [0.05, 0.1) is 6.42 Å². The van der Waals surface area contributed by atoms with Gasteiger partial charge in [-0.2, -0.15) is 0 Å². The number of halogens is 1. The van der Waals surface area contributed by atoms with Crippen molar-refractivity contribution < 1.29 is 23.6 Å². The molecule has 3 atom stereocenters. The van der Waals surface area contributed by atoms with Crippen molar-refractivity contribution in [2.45, 2.75) is 44.3 Å². The maximum Gasteiger partial charge on any atom is 0.316 e. The van der Waals surface area contributed by atoms with Crippen LogP contribution in [0.25, 0.3) is 4.85 Å². The summed E-state index contributed by atoms with van der Waals surface area (Å²) in [5.74, 6) is -3.03. The van der Waals surface area contributed by atoms with E-state index in [9.17, 15) is 23.6 Å². The van der Waals surface area contributed by atoms with Gasteiger partial charge in [-0.15, -0.1) is 0 Å². The predicted molar refractivity (Wildman–Crippen MR) is 139 cm³/mol. The Morgan fingerprint density at radius 1 is 1.13 bits per heavy atom. The summed E-state index contributed by atoms with van der Waals surface area (Å²) >= 11 is 0. The molecule has 10 heteroatoms. The normalized spacial score (nSPS) is 20.6. The minimum atomic E-state index is -1.05. The highest BCUT2D eigenvalue weighted by molar-refractivity contribution is 6.40. The number of carbonyl (C=O) groups is 4. The molecule has 1 spiro atoms. The lowest BCUT2D eigenvalue weighted by Crippen LogP contribution is -2.54. The number of benzene rings is 2. The molecule has 1 saturated heterocycles. The smallest absolute Gasteiger partial charge is 0.316 e. The minimum Gasteiger partial charge on any atom is -0.325 e. The van der Waals surface area contributed by atoms with E-state index >= 15 is 0 Å². The molecular weight excluding hydrogens is 489 g/mol. The van der Waals surface area contributed by atoms with Gasteiger partial charge in [-0.05, 0) is 48.2 Å². The number of hydrogen-bond donors (Lipinski definition) is 1. The fourth-order valence-corrected chi connectivity index (χ4v) is 5.24. The molecule has 2 aliphatic rings. The van der Waals surface area contributed by atoms with E-state index in [2.05, 4.69) is 10.2 Å². The van der Waals surface area contributed by atoms with Gasteiger partial charge in [-0.25, -0.2) is 11.0 Å². The number of likely N-dealkylation sites (N-methyl/N-ethyl adjacent to an activating group) is 2. The average molecular weight is 520 g/mol. The quantitative estimate of drug-likeness (QED) is 0.486. The number of rotatable bonds is 5. The van der Waals surface area contributed by atoms with E-state index in [1.807, 2.05) is 32.0 Å². The van der Waals surface area contributed by atoms with Crippen LogP contribution in [0.5, 0.6) is 0 Å². The van der Waals surface area contributed by atoms with Crippen LogP contribution in [-0.2, 0) is 24.6 Å². The Bertz CT molecular complexity index is 1320. The van der Waals surface area contributed by atoms with Crippen LogP contribution in [0.1, 0.15) is 32.3 Å². The highest BCUT2D eigenvalue weighted by Crippen LogP contribution is 2.47. The number of para-hydroxylation sites is 1. The molecule has 2 heterocycles. The molecule has 198 valence electrons. The molecule has 1 fully saturated rings. The molecular formula is C28H30FN5O4. The molecule has 1 N–H and O–H groups in total. The third-order valence-corrected chi connectivity index (χ3v) is 7.36. The number of carbonyl (C=O) groups excluding carboxylic acids is 4. The number of anilines is 2. The Kier molecular flexibility index (Phi) is 7.22. The van der Waals surface area contributed by atoms with E-state index in [4.69, 9.17) is 6.57 Å². The van der Waals surface area contributed by atoms with Crippen molar-refractivity contribution in [3.63, 3.8) is 0 Å². The summed E-state index contributed by atoms with van der Waals surface area (Å²) < 4.78 is 13.3. The van der Waals surface area contributed by atoms with Gasteiger partial charge in [0.2, 0.25) is 5.91 Å². The summed E-state index contributed by atoms with van der Waals surface area (Å²) in [5, 5.41) is 2.87. The Labute approximate surface area is 221 Å². The first-order chi connectivity index (χ1) is 18.0. The predicted octanol–water partition coefficient (Wildman–Crippen LogP) is 3.03. The number of nitrogens with one attached hydrogen (secondary N) is 1. The van der Waals surface area contributed by atoms with Gasteiger partial charge in [0.1, 0.15) is 17.3 Å². The summed E-state index contributed by atoms with van der Waals surface area (Å²) in [6, 6.07) is 11.3. The van der Waals surface area contributed by atoms with Crippen molar-refractivity contribution >= 4 is 35.0 Å². The molecule has 0 radical (unpaired) electrons. The van der Waals surface area contributed by atoms with Crippen LogP contribution in [0, 0.1) is 18.3 Å². The molecule has 4 amide bonds. The summed E-state index contributed by atoms with van der Waals surface area (Å²) in [7, 11) is 2.79. The van der Waals surface area contributed by atoms with E-state index < -0.39 is 41.2 Å². The SMILES string of the molecule is [C-]#[N+][C@@H]1C[C@@]2(CN1C(=O)[C@H](CC(C)C)N(C)C(=O)C(=O)N(C)c1ccc(F)cc1)C(=O)Nc1ccccc12. The Morgan fingerprint density at radius 2 is 1.79 bits per heavy atom. The number of fused-ring (bicyclic) bond motifs is 2. The molecule has 0 bridgehead atoms. The number of likely N-dealkylation sites (tertiary alicyclic amines) is 1. The summed E-state index contributed by atoms with van der Waals surface area (Å²) in [4.78, 5) is 60.6. The third-order valence-electron chi connectivity index (χ3n) is 7.36. The molecule has 4 rings (SSSR count). The molecule has 2 aliphatic heterocycles. The zero-order valence-corrected chi connectivity index (χ0v) is 21.8. The molecule has 0 aliphatic carbocycles. The minimum absolute atomic E-state index is 0.00177. The van der Waals surface area contributed by atoms with E-state index in [0.29, 0.717) is 11.4 Å². The molecule has 38 heavy (non-hydrogen) atoms. The molecule has 0 unspecified atom stereocenters. The first-order valence-electron chi connectivity index (χ1n) is 12.4. The van der Waals surface area contributed by atoms with E-state index in [1.54, 1.807) is 6.07 Å². The van der Waals surface area contributed by atoms with E-state index in [1.165, 1.54) is 43.3 Å². The molecule has 2 aromatic carbocycles. The molecule has 2 aromatic rings. The fraction of sp³-hybridized carbons (Fsp3) is 0.393. The topological polar surface area (TPSA) is 94.4 Å². The van der Waals surface area contributed by atoms with Crippen molar-refractivity contribution in [2.24, 2.45) is 5.92 Å². The van der Waals surface area contributed by atoms with Crippen LogP contribution >= 0.6 is 0 Å². The zero-order chi connectivity index (χ0) is 27.8. The first kappa shape index (κ1) is 26.8.